The average molecular weight is 340 g/mol. The quantitative estimate of drug-likeness (QED) is 0.900. The molecule has 0 radical (unpaired) electrons. The predicted octanol–water partition coefficient (Wildman–Crippen LogP) is 1.90. The zero-order valence-corrected chi connectivity index (χ0v) is 14.5. The van der Waals surface area contributed by atoms with Crippen molar-refractivity contribution in [1.82, 2.24) is 9.88 Å². The number of nitrogens with two attached hydrogens (primary N) is 1. The molecular formula is C19H24N4O2. The molecule has 6 nitrogen and oxygen atoms in total. The van der Waals surface area contributed by atoms with Crippen molar-refractivity contribution in [3.05, 3.63) is 53.9 Å². The van der Waals surface area contributed by atoms with E-state index in [1.807, 2.05) is 18.2 Å². The average Bonchev–Trinajstić information content (AvgIpc) is 2.88. The van der Waals surface area contributed by atoms with Crippen molar-refractivity contribution in [3.8, 4) is 5.75 Å². The van der Waals surface area contributed by atoms with Crippen LogP contribution in [0.4, 0.5) is 5.69 Å². The molecule has 1 fully saturated rings. The van der Waals surface area contributed by atoms with Crippen LogP contribution in [0.1, 0.15) is 22.5 Å². The lowest BCUT2D eigenvalue weighted by molar-refractivity contribution is 0.0995. The molecular weight excluding hydrogens is 316 g/mol. The van der Waals surface area contributed by atoms with Gasteiger partial charge in [-0.05, 0) is 36.2 Å². The monoisotopic (exact) mass is 340 g/mol. The molecule has 0 bridgehead atoms. The second kappa shape index (κ2) is 7.98. The topological polar surface area (TPSA) is 71.7 Å². The fourth-order valence-electron chi connectivity index (χ4n) is 3.13. The minimum Gasteiger partial charge on any atom is -0.497 e. The Balaban J connectivity index is 1.61. The molecule has 1 aromatic carbocycles. The van der Waals surface area contributed by atoms with Gasteiger partial charge in [0.25, 0.3) is 5.91 Å². The summed E-state index contributed by atoms with van der Waals surface area (Å²) in [5.41, 5.74) is 7.95. The molecule has 1 aliphatic rings. The van der Waals surface area contributed by atoms with E-state index < -0.39 is 5.91 Å². The van der Waals surface area contributed by atoms with Gasteiger partial charge in [-0.2, -0.15) is 0 Å². The number of hydrogen-bond donors (Lipinski definition) is 1. The van der Waals surface area contributed by atoms with Crippen molar-refractivity contribution in [1.29, 1.82) is 0 Å². The van der Waals surface area contributed by atoms with E-state index in [1.54, 1.807) is 19.4 Å². The van der Waals surface area contributed by atoms with Crippen LogP contribution in [0.5, 0.6) is 5.75 Å². The molecule has 0 saturated carbocycles. The highest BCUT2D eigenvalue weighted by atomic mass is 16.5. The van der Waals surface area contributed by atoms with Crippen LogP contribution in [0.3, 0.4) is 0 Å². The Labute approximate surface area is 148 Å². The molecule has 0 unspecified atom stereocenters. The maximum absolute atomic E-state index is 11.3. The van der Waals surface area contributed by atoms with Gasteiger partial charge in [0.2, 0.25) is 0 Å². The molecule has 2 heterocycles. The number of hydrogen-bond acceptors (Lipinski definition) is 5. The van der Waals surface area contributed by atoms with E-state index in [0.29, 0.717) is 5.69 Å². The summed E-state index contributed by atoms with van der Waals surface area (Å²) in [6, 6.07) is 11.9. The van der Waals surface area contributed by atoms with Gasteiger partial charge in [0.1, 0.15) is 11.4 Å². The Kier molecular flexibility index (Phi) is 5.50. The van der Waals surface area contributed by atoms with Crippen LogP contribution in [-0.4, -0.2) is 49.1 Å². The van der Waals surface area contributed by atoms with Gasteiger partial charge >= 0.3 is 0 Å². The number of pyridine rings is 1. The van der Waals surface area contributed by atoms with Gasteiger partial charge in [-0.1, -0.05) is 12.1 Å². The first-order chi connectivity index (χ1) is 12.2. The van der Waals surface area contributed by atoms with Crippen LogP contribution in [0, 0.1) is 0 Å². The molecule has 6 heteroatoms. The number of carbonyl (C=O) groups is 1. The Bertz CT molecular complexity index is 718. The van der Waals surface area contributed by atoms with Gasteiger partial charge in [0, 0.05) is 44.6 Å². The van der Waals surface area contributed by atoms with E-state index >= 15 is 0 Å². The van der Waals surface area contributed by atoms with Crippen LogP contribution >= 0.6 is 0 Å². The summed E-state index contributed by atoms with van der Waals surface area (Å²) in [4.78, 5) is 20.1. The fourth-order valence-corrected chi connectivity index (χ4v) is 3.13. The Morgan fingerprint density at radius 1 is 1.16 bits per heavy atom. The van der Waals surface area contributed by atoms with Crippen molar-refractivity contribution in [2.75, 3.05) is 38.2 Å². The van der Waals surface area contributed by atoms with Crippen LogP contribution < -0.4 is 15.4 Å². The zero-order chi connectivity index (χ0) is 17.6. The summed E-state index contributed by atoms with van der Waals surface area (Å²) in [6.07, 6.45) is 2.72. The van der Waals surface area contributed by atoms with Gasteiger partial charge in [-0.25, -0.2) is 0 Å². The van der Waals surface area contributed by atoms with E-state index in [0.717, 1.165) is 50.6 Å². The lowest BCUT2D eigenvalue weighted by atomic mass is 10.2. The molecule has 1 saturated heterocycles. The summed E-state index contributed by atoms with van der Waals surface area (Å²) < 4.78 is 5.21. The number of rotatable bonds is 5. The summed E-state index contributed by atoms with van der Waals surface area (Å²) in [5.74, 6) is 0.395. The summed E-state index contributed by atoms with van der Waals surface area (Å²) in [5, 5.41) is 0. The summed E-state index contributed by atoms with van der Waals surface area (Å²) in [7, 11) is 1.68. The van der Waals surface area contributed by atoms with Gasteiger partial charge in [0.05, 0.1) is 7.11 Å². The lowest BCUT2D eigenvalue weighted by Crippen LogP contribution is -2.30. The van der Waals surface area contributed by atoms with Crippen molar-refractivity contribution in [2.24, 2.45) is 5.73 Å². The lowest BCUT2D eigenvalue weighted by Gasteiger charge is -2.24. The van der Waals surface area contributed by atoms with Crippen molar-refractivity contribution >= 4 is 11.6 Å². The number of primary amides is 1. The van der Waals surface area contributed by atoms with Crippen molar-refractivity contribution in [3.63, 3.8) is 0 Å². The predicted molar refractivity (Wildman–Crippen MR) is 97.9 cm³/mol. The molecule has 1 aromatic heterocycles. The highest BCUT2D eigenvalue weighted by molar-refractivity contribution is 5.91. The number of benzene rings is 1. The van der Waals surface area contributed by atoms with Gasteiger partial charge in [-0.15, -0.1) is 0 Å². The summed E-state index contributed by atoms with van der Waals surface area (Å²) >= 11 is 0. The molecule has 1 amide bonds. The van der Waals surface area contributed by atoms with Gasteiger partial charge in [0.15, 0.2) is 0 Å². The third-order valence-electron chi connectivity index (χ3n) is 4.51. The molecule has 0 spiro atoms. The highest BCUT2D eigenvalue weighted by Crippen LogP contribution is 2.18. The number of methoxy groups -OCH3 is 1. The minimum atomic E-state index is -0.488. The first-order valence-corrected chi connectivity index (χ1v) is 8.52. The Morgan fingerprint density at radius 3 is 2.68 bits per heavy atom. The van der Waals surface area contributed by atoms with Crippen LogP contribution in [0.2, 0.25) is 0 Å². The van der Waals surface area contributed by atoms with Gasteiger partial charge < -0.3 is 15.4 Å². The normalized spacial score (nSPS) is 15.6. The first-order valence-electron chi connectivity index (χ1n) is 8.52. The number of nitrogens with zero attached hydrogens (tertiary/aromatic N) is 3. The number of ether oxygens (including phenoxy) is 1. The third-order valence-corrected chi connectivity index (χ3v) is 4.51. The fraction of sp³-hybridized carbons (Fsp3) is 0.368. The first kappa shape index (κ1) is 17.2. The SMILES string of the molecule is COc1ccc(CN2CCCN(c3ccnc(C(N)=O)c3)CC2)cc1. The molecule has 0 atom stereocenters. The van der Waals surface area contributed by atoms with Crippen molar-refractivity contribution < 1.29 is 9.53 Å². The number of aromatic nitrogens is 1. The van der Waals surface area contributed by atoms with E-state index in [-0.39, 0.29) is 0 Å². The van der Waals surface area contributed by atoms with Crippen molar-refractivity contribution in [2.45, 2.75) is 13.0 Å². The Hall–Kier alpha value is -2.60. The molecule has 25 heavy (non-hydrogen) atoms. The van der Waals surface area contributed by atoms with Crippen LogP contribution in [0.15, 0.2) is 42.6 Å². The van der Waals surface area contributed by atoms with Crippen LogP contribution in [-0.2, 0) is 6.54 Å². The summed E-state index contributed by atoms with van der Waals surface area (Å²) in [6.45, 7) is 4.83. The Morgan fingerprint density at radius 2 is 1.96 bits per heavy atom. The van der Waals surface area contributed by atoms with E-state index in [2.05, 4.69) is 26.9 Å². The maximum Gasteiger partial charge on any atom is 0.267 e. The molecule has 2 N–H and O–H groups in total. The standard InChI is InChI=1S/C19H24N4O2/c1-25-17-5-3-15(4-6-17)14-22-9-2-10-23(12-11-22)16-7-8-21-18(13-16)19(20)24/h3-8,13H,2,9-12,14H2,1H3,(H2,20,24). The third kappa shape index (κ3) is 4.48. The molecule has 0 aliphatic carbocycles. The zero-order valence-electron chi connectivity index (χ0n) is 14.5. The molecule has 132 valence electrons. The van der Waals surface area contributed by atoms with E-state index in [9.17, 15) is 4.79 Å². The second-order valence-electron chi connectivity index (χ2n) is 6.23. The second-order valence-corrected chi connectivity index (χ2v) is 6.23. The maximum atomic E-state index is 11.3. The van der Waals surface area contributed by atoms with Gasteiger partial charge in [-0.3, -0.25) is 14.7 Å². The van der Waals surface area contributed by atoms with E-state index in [1.165, 1.54) is 5.56 Å². The minimum absolute atomic E-state index is 0.317. The number of anilines is 1. The molecule has 2 aromatic rings. The number of carbonyl (C=O) groups excluding carboxylic acids is 1. The van der Waals surface area contributed by atoms with E-state index in [4.69, 9.17) is 10.5 Å². The van der Waals surface area contributed by atoms with Crippen LogP contribution in [0.25, 0.3) is 0 Å². The molecule has 1 aliphatic heterocycles. The largest absolute Gasteiger partial charge is 0.497 e. The smallest absolute Gasteiger partial charge is 0.267 e. The number of amides is 1. The molecule has 3 rings (SSSR count). The highest BCUT2D eigenvalue weighted by Gasteiger charge is 2.16.